The fourth-order valence-electron chi connectivity index (χ4n) is 3.28. The first kappa shape index (κ1) is 19.1. The second kappa shape index (κ2) is 7.00. The highest BCUT2D eigenvalue weighted by atomic mass is 32.2. The second-order valence-electron chi connectivity index (χ2n) is 7.24. The standard InChI is InChI=1S/C19H20N6O3S/c1-12-8-16(12)24(11-13-4-6-15(28-2)7-5-13)19-23-18(29(3,26)27)22-17-14(9-20)10-21-25(17)19/h4-7,10,12,16H,8,11H2,1-3H3/t12-,16-/m0/s1. The average molecular weight is 412 g/mol. The first-order valence-corrected chi connectivity index (χ1v) is 11.0. The van der Waals surface area contributed by atoms with E-state index in [0.717, 1.165) is 24.0 Å². The van der Waals surface area contributed by atoms with Crippen LogP contribution in [-0.4, -0.2) is 47.4 Å². The van der Waals surface area contributed by atoms with E-state index in [0.29, 0.717) is 18.4 Å². The molecule has 2 atom stereocenters. The Balaban J connectivity index is 1.85. The molecule has 1 aliphatic carbocycles. The van der Waals surface area contributed by atoms with E-state index >= 15 is 0 Å². The summed E-state index contributed by atoms with van der Waals surface area (Å²) in [5.41, 5.74) is 1.41. The molecule has 9 nitrogen and oxygen atoms in total. The van der Waals surface area contributed by atoms with Crippen molar-refractivity contribution in [3.8, 4) is 11.8 Å². The Morgan fingerprint density at radius 1 is 1.31 bits per heavy atom. The molecule has 0 saturated heterocycles. The predicted octanol–water partition coefficient (Wildman–Crippen LogP) is 1.82. The third-order valence-electron chi connectivity index (χ3n) is 5.02. The fraction of sp³-hybridized carbons (Fsp3) is 0.368. The maximum Gasteiger partial charge on any atom is 0.252 e. The molecule has 0 unspecified atom stereocenters. The van der Waals surface area contributed by atoms with E-state index in [1.165, 1.54) is 10.7 Å². The van der Waals surface area contributed by atoms with Crippen molar-refractivity contribution in [2.24, 2.45) is 5.92 Å². The molecule has 0 spiro atoms. The first-order valence-electron chi connectivity index (χ1n) is 9.07. The van der Waals surface area contributed by atoms with Gasteiger partial charge in [0.1, 0.15) is 17.4 Å². The Hall–Kier alpha value is -3.19. The summed E-state index contributed by atoms with van der Waals surface area (Å²) in [5, 5.41) is 13.3. The van der Waals surface area contributed by atoms with Crippen LogP contribution in [0.3, 0.4) is 0 Å². The van der Waals surface area contributed by atoms with Crippen LogP contribution in [0.1, 0.15) is 24.5 Å². The van der Waals surface area contributed by atoms with Crippen LogP contribution in [0, 0.1) is 17.2 Å². The molecule has 4 rings (SSSR count). The van der Waals surface area contributed by atoms with Gasteiger partial charge in [0, 0.05) is 18.8 Å². The predicted molar refractivity (Wildman–Crippen MR) is 105 cm³/mol. The summed E-state index contributed by atoms with van der Waals surface area (Å²) in [5.74, 6) is 1.56. The Bertz CT molecular complexity index is 1210. The Labute approximate surface area is 168 Å². The van der Waals surface area contributed by atoms with Crippen molar-refractivity contribution in [1.29, 1.82) is 5.26 Å². The van der Waals surface area contributed by atoms with Crippen LogP contribution in [0.25, 0.3) is 5.65 Å². The summed E-state index contributed by atoms with van der Waals surface area (Å²) >= 11 is 0. The van der Waals surface area contributed by atoms with E-state index < -0.39 is 9.84 Å². The van der Waals surface area contributed by atoms with Crippen molar-refractivity contribution in [3.63, 3.8) is 0 Å². The van der Waals surface area contributed by atoms with Gasteiger partial charge in [0.05, 0.1) is 13.3 Å². The molecule has 0 aliphatic heterocycles. The van der Waals surface area contributed by atoms with Gasteiger partial charge in [-0.15, -0.1) is 0 Å². The largest absolute Gasteiger partial charge is 0.497 e. The number of anilines is 1. The Kier molecular flexibility index (Phi) is 4.62. The highest BCUT2D eigenvalue weighted by Gasteiger charge is 2.40. The van der Waals surface area contributed by atoms with Gasteiger partial charge in [0.2, 0.25) is 15.8 Å². The molecule has 1 aliphatic rings. The number of aromatic nitrogens is 4. The number of hydrogen-bond acceptors (Lipinski definition) is 8. The molecule has 10 heteroatoms. The zero-order chi connectivity index (χ0) is 20.8. The summed E-state index contributed by atoms with van der Waals surface area (Å²) in [6.07, 6.45) is 3.39. The van der Waals surface area contributed by atoms with Crippen molar-refractivity contribution in [1.82, 2.24) is 19.6 Å². The number of nitriles is 1. The van der Waals surface area contributed by atoms with Crippen LogP contribution >= 0.6 is 0 Å². The van der Waals surface area contributed by atoms with E-state index in [1.54, 1.807) is 7.11 Å². The lowest BCUT2D eigenvalue weighted by Gasteiger charge is -2.24. The summed E-state index contributed by atoms with van der Waals surface area (Å²) in [6, 6.07) is 9.87. The molecule has 0 N–H and O–H groups in total. The molecule has 1 aromatic carbocycles. The van der Waals surface area contributed by atoms with Gasteiger partial charge >= 0.3 is 0 Å². The SMILES string of the molecule is COc1ccc(CN(c2nc(S(C)(=O)=O)nc3c(C#N)cnn23)[C@H]2C[C@@H]2C)cc1. The van der Waals surface area contributed by atoms with Crippen LogP contribution < -0.4 is 9.64 Å². The number of ether oxygens (including phenoxy) is 1. The molecule has 0 amide bonds. The molecule has 150 valence electrons. The highest BCUT2D eigenvalue weighted by molar-refractivity contribution is 7.90. The van der Waals surface area contributed by atoms with E-state index in [4.69, 9.17) is 4.74 Å². The topological polar surface area (TPSA) is 113 Å². The van der Waals surface area contributed by atoms with Crippen molar-refractivity contribution in [2.75, 3.05) is 18.3 Å². The van der Waals surface area contributed by atoms with Crippen LogP contribution in [0.15, 0.2) is 35.6 Å². The average Bonchev–Trinajstić information content (AvgIpc) is 3.27. The van der Waals surface area contributed by atoms with Crippen molar-refractivity contribution >= 4 is 21.4 Å². The lowest BCUT2D eigenvalue weighted by Crippen LogP contribution is -2.30. The first-order chi connectivity index (χ1) is 13.8. The van der Waals surface area contributed by atoms with E-state index in [-0.39, 0.29) is 22.4 Å². The van der Waals surface area contributed by atoms with Crippen LogP contribution in [-0.2, 0) is 16.4 Å². The van der Waals surface area contributed by atoms with Crippen LogP contribution in [0.4, 0.5) is 5.95 Å². The summed E-state index contributed by atoms with van der Waals surface area (Å²) in [6.45, 7) is 2.64. The van der Waals surface area contributed by atoms with E-state index in [1.807, 2.05) is 35.2 Å². The van der Waals surface area contributed by atoms with Gasteiger partial charge in [0.25, 0.3) is 5.16 Å². The molecular formula is C19H20N6O3S. The number of methoxy groups -OCH3 is 1. The van der Waals surface area contributed by atoms with E-state index in [2.05, 4.69) is 22.0 Å². The summed E-state index contributed by atoms with van der Waals surface area (Å²) < 4.78 is 31.0. The van der Waals surface area contributed by atoms with E-state index in [9.17, 15) is 13.7 Å². The molecule has 3 aromatic rings. The quantitative estimate of drug-likeness (QED) is 0.602. The molecule has 2 heterocycles. The molecule has 29 heavy (non-hydrogen) atoms. The molecule has 1 fully saturated rings. The highest BCUT2D eigenvalue weighted by Crippen LogP contribution is 2.38. The zero-order valence-electron chi connectivity index (χ0n) is 16.3. The molecule has 1 saturated carbocycles. The number of fused-ring (bicyclic) bond motifs is 1. The molecular weight excluding hydrogens is 392 g/mol. The molecule has 0 bridgehead atoms. The number of rotatable bonds is 6. The second-order valence-corrected chi connectivity index (χ2v) is 9.15. The minimum atomic E-state index is -3.67. The van der Waals surface area contributed by atoms with Gasteiger partial charge in [-0.3, -0.25) is 0 Å². The fourth-order valence-corrected chi connectivity index (χ4v) is 3.78. The molecule has 2 aromatic heterocycles. The van der Waals surface area contributed by atoms with Gasteiger partial charge in [0.15, 0.2) is 5.65 Å². The maximum atomic E-state index is 12.2. The lowest BCUT2D eigenvalue weighted by atomic mass is 10.2. The van der Waals surface area contributed by atoms with Gasteiger partial charge in [-0.1, -0.05) is 19.1 Å². The van der Waals surface area contributed by atoms with Crippen molar-refractivity contribution in [3.05, 3.63) is 41.6 Å². The Morgan fingerprint density at radius 2 is 2.00 bits per heavy atom. The van der Waals surface area contributed by atoms with Crippen LogP contribution in [0.2, 0.25) is 0 Å². The van der Waals surface area contributed by atoms with Gasteiger partial charge in [-0.05, 0) is 30.0 Å². The number of hydrogen-bond donors (Lipinski definition) is 0. The van der Waals surface area contributed by atoms with Crippen molar-refractivity contribution in [2.45, 2.75) is 31.1 Å². The van der Waals surface area contributed by atoms with Gasteiger partial charge in [-0.2, -0.15) is 24.8 Å². The summed E-state index contributed by atoms with van der Waals surface area (Å²) in [7, 11) is -2.06. The third-order valence-corrected chi connectivity index (χ3v) is 5.86. The maximum absolute atomic E-state index is 12.2. The third kappa shape index (κ3) is 3.61. The normalized spacial score (nSPS) is 18.4. The zero-order valence-corrected chi connectivity index (χ0v) is 17.1. The van der Waals surface area contributed by atoms with Gasteiger partial charge < -0.3 is 9.64 Å². The number of sulfone groups is 1. The van der Waals surface area contributed by atoms with Gasteiger partial charge in [-0.25, -0.2) is 8.42 Å². The molecule has 0 radical (unpaired) electrons. The number of nitrogens with zero attached hydrogens (tertiary/aromatic N) is 6. The van der Waals surface area contributed by atoms with Crippen LogP contribution in [0.5, 0.6) is 5.75 Å². The minimum absolute atomic E-state index is 0.186. The Morgan fingerprint density at radius 3 is 2.55 bits per heavy atom. The monoisotopic (exact) mass is 412 g/mol. The lowest BCUT2D eigenvalue weighted by molar-refractivity contribution is 0.414. The smallest absolute Gasteiger partial charge is 0.252 e. The summed E-state index contributed by atoms with van der Waals surface area (Å²) in [4.78, 5) is 10.5. The number of benzene rings is 1. The minimum Gasteiger partial charge on any atom is -0.497 e. The van der Waals surface area contributed by atoms with Crippen molar-refractivity contribution < 1.29 is 13.2 Å².